The molecule has 0 spiro atoms. The van der Waals surface area contributed by atoms with Gasteiger partial charge in [0.05, 0.1) is 22.3 Å². The number of hydrogen-bond acceptors (Lipinski definition) is 4. The summed E-state index contributed by atoms with van der Waals surface area (Å²) >= 11 is 0. The van der Waals surface area contributed by atoms with E-state index in [-0.39, 0.29) is 10.9 Å². The highest BCUT2D eigenvalue weighted by Gasteiger charge is 2.15. The molecule has 0 saturated heterocycles. The number of aromatic nitrogens is 3. The molecule has 0 atom stereocenters. The van der Waals surface area contributed by atoms with E-state index in [1.54, 1.807) is 18.3 Å². The molecule has 0 saturated carbocycles. The van der Waals surface area contributed by atoms with Crippen molar-refractivity contribution in [1.29, 1.82) is 0 Å². The Bertz CT molecular complexity index is 1160. The maximum absolute atomic E-state index is 13.7. The normalized spacial score (nSPS) is 10.8. The molecule has 1 N–H and O–H groups in total. The Kier molecular flexibility index (Phi) is 3.93. The number of fused-ring (bicyclic) bond motifs is 1. The molecular formula is C20H15FN4O. The van der Waals surface area contributed by atoms with Crippen LogP contribution in [0.3, 0.4) is 0 Å². The maximum atomic E-state index is 13.7. The molecule has 6 heteroatoms. The van der Waals surface area contributed by atoms with Gasteiger partial charge in [-0.15, -0.1) is 0 Å². The van der Waals surface area contributed by atoms with Gasteiger partial charge in [0.25, 0.3) is 5.56 Å². The summed E-state index contributed by atoms with van der Waals surface area (Å²) in [5.74, 6) is -0.133. The van der Waals surface area contributed by atoms with Gasteiger partial charge >= 0.3 is 0 Å². The van der Waals surface area contributed by atoms with Crippen LogP contribution in [0.15, 0.2) is 71.7 Å². The molecule has 0 bridgehead atoms. The number of para-hydroxylation sites is 1. The van der Waals surface area contributed by atoms with Crippen LogP contribution in [0.4, 0.5) is 16.0 Å². The van der Waals surface area contributed by atoms with E-state index in [1.807, 2.05) is 37.3 Å². The first-order valence-corrected chi connectivity index (χ1v) is 8.10. The minimum Gasteiger partial charge on any atom is -0.325 e. The highest BCUT2D eigenvalue weighted by molar-refractivity contribution is 5.80. The van der Waals surface area contributed by atoms with Crippen LogP contribution in [0.25, 0.3) is 16.6 Å². The third kappa shape index (κ3) is 2.82. The number of anilines is 2. The third-order valence-electron chi connectivity index (χ3n) is 4.08. The molecule has 2 aromatic heterocycles. The summed E-state index contributed by atoms with van der Waals surface area (Å²) in [7, 11) is 0. The standard InChI is InChI=1S/C20H15FN4O/c1-13-18(8-5-11-22-13)25-19(26)16-12-14(21)9-10-17(16)24-20(25)23-15-6-3-2-4-7-15/h2-12H,1H3,(H,23,24). The van der Waals surface area contributed by atoms with Crippen molar-refractivity contribution in [2.45, 2.75) is 6.92 Å². The number of halogens is 1. The van der Waals surface area contributed by atoms with Crippen molar-refractivity contribution < 1.29 is 4.39 Å². The molecule has 0 unspecified atom stereocenters. The molecular weight excluding hydrogens is 331 g/mol. The van der Waals surface area contributed by atoms with Gasteiger partial charge in [-0.1, -0.05) is 18.2 Å². The van der Waals surface area contributed by atoms with Crippen molar-refractivity contribution in [2.75, 3.05) is 5.32 Å². The van der Waals surface area contributed by atoms with Crippen LogP contribution in [0.2, 0.25) is 0 Å². The monoisotopic (exact) mass is 346 g/mol. The lowest BCUT2D eigenvalue weighted by Crippen LogP contribution is -2.23. The Morgan fingerprint density at radius 2 is 1.85 bits per heavy atom. The number of nitrogens with zero attached hydrogens (tertiary/aromatic N) is 3. The first-order valence-electron chi connectivity index (χ1n) is 8.10. The fourth-order valence-electron chi connectivity index (χ4n) is 2.83. The second kappa shape index (κ2) is 6.40. The molecule has 4 aromatic rings. The number of nitrogens with one attached hydrogen (secondary N) is 1. The first-order chi connectivity index (χ1) is 12.6. The molecule has 0 aliphatic carbocycles. The van der Waals surface area contributed by atoms with Gasteiger partial charge in [0.1, 0.15) is 5.82 Å². The van der Waals surface area contributed by atoms with Crippen LogP contribution in [0.5, 0.6) is 0 Å². The summed E-state index contributed by atoms with van der Waals surface area (Å²) in [6.45, 7) is 1.81. The zero-order valence-electron chi connectivity index (χ0n) is 14.0. The van der Waals surface area contributed by atoms with E-state index in [1.165, 1.54) is 22.8 Å². The van der Waals surface area contributed by atoms with E-state index >= 15 is 0 Å². The van der Waals surface area contributed by atoms with Gasteiger partial charge in [-0.05, 0) is 49.4 Å². The van der Waals surface area contributed by atoms with Crippen molar-refractivity contribution in [3.05, 3.63) is 88.7 Å². The molecule has 0 aliphatic rings. The Hall–Kier alpha value is -3.54. The minimum atomic E-state index is -0.477. The fraction of sp³-hybridized carbons (Fsp3) is 0.0500. The lowest BCUT2D eigenvalue weighted by atomic mass is 10.2. The molecule has 0 amide bonds. The highest BCUT2D eigenvalue weighted by Crippen LogP contribution is 2.21. The Morgan fingerprint density at radius 1 is 1.04 bits per heavy atom. The molecule has 2 heterocycles. The number of benzene rings is 2. The van der Waals surface area contributed by atoms with Crippen molar-refractivity contribution in [3.63, 3.8) is 0 Å². The van der Waals surface area contributed by atoms with Gasteiger partial charge in [-0.25, -0.2) is 13.9 Å². The quantitative estimate of drug-likeness (QED) is 0.610. The van der Waals surface area contributed by atoms with Gasteiger partial charge in [0.15, 0.2) is 0 Å². The van der Waals surface area contributed by atoms with Gasteiger partial charge in [0, 0.05) is 11.9 Å². The Morgan fingerprint density at radius 3 is 2.62 bits per heavy atom. The van der Waals surface area contributed by atoms with E-state index in [0.29, 0.717) is 22.8 Å². The topological polar surface area (TPSA) is 59.8 Å². The van der Waals surface area contributed by atoms with Crippen molar-refractivity contribution in [1.82, 2.24) is 14.5 Å². The zero-order chi connectivity index (χ0) is 18.1. The smallest absolute Gasteiger partial charge is 0.267 e. The minimum absolute atomic E-state index is 0.215. The molecule has 5 nitrogen and oxygen atoms in total. The van der Waals surface area contributed by atoms with Crippen LogP contribution < -0.4 is 10.9 Å². The van der Waals surface area contributed by atoms with Gasteiger partial charge in [-0.2, -0.15) is 0 Å². The molecule has 2 aromatic carbocycles. The van der Waals surface area contributed by atoms with E-state index in [4.69, 9.17) is 0 Å². The van der Waals surface area contributed by atoms with Gasteiger partial charge < -0.3 is 5.32 Å². The molecule has 26 heavy (non-hydrogen) atoms. The van der Waals surface area contributed by atoms with Crippen LogP contribution in [-0.4, -0.2) is 14.5 Å². The summed E-state index contributed by atoms with van der Waals surface area (Å²) in [5.41, 5.74) is 2.12. The average Bonchev–Trinajstić information content (AvgIpc) is 2.65. The molecule has 0 fully saturated rings. The van der Waals surface area contributed by atoms with E-state index < -0.39 is 5.82 Å². The lowest BCUT2D eigenvalue weighted by Gasteiger charge is -2.16. The van der Waals surface area contributed by atoms with Crippen LogP contribution in [0.1, 0.15) is 5.69 Å². The van der Waals surface area contributed by atoms with Crippen molar-refractivity contribution in [2.24, 2.45) is 0 Å². The fourth-order valence-corrected chi connectivity index (χ4v) is 2.83. The predicted molar refractivity (Wildman–Crippen MR) is 99.6 cm³/mol. The number of rotatable bonds is 3. The zero-order valence-corrected chi connectivity index (χ0v) is 14.0. The summed E-state index contributed by atoms with van der Waals surface area (Å²) in [4.78, 5) is 21.9. The summed E-state index contributed by atoms with van der Waals surface area (Å²) in [6, 6.07) is 17.0. The molecule has 0 aliphatic heterocycles. The molecule has 4 rings (SSSR count). The molecule has 128 valence electrons. The van der Waals surface area contributed by atoms with Crippen LogP contribution in [-0.2, 0) is 0 Å². The lowest BCUT2D eigenvalue weighted by molar-refractivity contribution is 0.629. The van der Waals surface area contributed by atoms with Crippen molar-refractivity contribution >= 4 is 22.5 Å². The number of hydrogen-bond donors (Lipinski definition) is 1. The largest absolute Gasteiger partial charge is 0.325 e. The van der Waals surface area contributed by atoms with E-state index in [2.05, 4.69) is 15.3 Å². The van der Waals surface area contributed by atoms with Gasteiger partial charge in [-0.3, -0.25) is 9.78 Å². The second-order valence-electron chi connectivity index (χ2n) is 5.84. The SMILES string of the molecule is Cc1ncccc1-n1c(Nc2ccccc2)nc2ccc(F)cc2c1=O. The van der Waals surface area contributed by atoms with E-state index in [9.17, 15) is 9.18 Å². The maximum Gasteiger partial charge on any atom is 0.267 e. The van der Waals surface area contributed by atoms with Crippen LogP contribution >= 0.6 is 0 Å². The summed E-state index contributed by atoms with van der Waals surface area (Å²) in [5, 5.41) is 3.39. The predicted octanol–water partition coefficient (Wildman–Crippen LogP) is 3.97. The third-order valence-corrected chi connectivity index (χ3v) is 4.08. The number of aryl methyl sites for hydroxylation is 1. The number of pyridine rings is 1. The molecule has 0 radical (unpaired) electrons. The highest BCUT2D eigenvalue weighted by atomic mass is 19.1. The summed E-state index contributed by atoms with van der Waals surface area (Å²) in [6.07, 6.45) is 1.66. The van der Waals surface area contributed by atoms with Crippen molar-refractivity contribution in [3.8, 4) is 5.69 Å². The van der Waals surface area contributed by atoms with E-state index in [0.717, 1.165) is 5.69 Å². The summed E-state index contributed by atoms with van der Waals surface area (Å²) < 4.78 is 15.1. The van der Waals surface area contributed by atoms with Gasteiger partial charge in [0.2, 0.25) is 5.95 Å². The first kappa shape index (κ1) is 16.0. The Balaban J connectivity index is 2.02. The van der Waals surface area contributed by atoms with Crippen LogP contribution in [0, 0.1) is 12.7 Å². The average molecular weight is 346 g/mol. The second-order valence-corrected chi connectivity index (χ2v) is 5.84. The Labute approximate surface area is 148 Å².